The number of rotatable bonds is 5. The summed E-state index contributed by atoms with van der Waals surface area (Å²) in [7, 11) is 0. The maximum absolute atomic E-state index is 6.38. The average molecular weight is 343 g/mol. The second kappa shape index (κ2) is 7.51. The van der Waals surface area contributed by atoms with Crippen molar-refractivity contribution >= 4 is 34.8 Å². The van der Waals surface area contributed by atoms with Gasteiger partial charge in [-0.3, -0.25) is 0 Å². The molecule has 0 heterocycles. The van der Waals surface area contributed by atoms with E-state index in [9.17, 15) is 0 Å². The van der Waals surface area contributed by atoms with E-state index in [1.807, 2.05) is 30.3 Å². The minimum atomic E-state index is -0.0187. The SMILES string of the molecule is CCCNC(c1cc(Cl)ccc1C)c1cc(Cl)ccc1Cl. The van der Waals surface area contributed by atoms with E-state index in [2.05, 4.69) is 19.2 Å². The fraction of sp³-hybridized carbons (Fsp3) is 0.294. The first-order valence-electron chi connectivity index (χ1n) is 6.97. The zero-order valence-corrected chi connectivity index (χ0v) is 14.4. The molecule has 21 heavy (non-hydrogen) atoms. The minimum absolute atomic E-state index is 0.0187. The predicted molar refractivity (Wildman–Crippen MR) is 92.8 cm³/mol. The van der Waals surface area contributed by atoms with Crippen LogP contribution in [0.2, 0.25) is 15.1 Å². The molecule has 0 amide bonds. The van der Waals surface area contributed by atoms with Gasteiger partial charge in [0.2, 0.25) is 0 Å². The van der Waals surface area contributed by atoms with Gasteiger partial charge in [-0.05, 0) is 66.9 Å². The minimum Gasteiger partial charge on any atom is -0.306 e. The van der Waals surface area contributed by atoms with Gasteiger partial charge in [-0.2, -0.15) is 0 Å². The largest absolute Gasteiger partial charge is 0.306 e. The molecule has 0 aromatic heterocycles. The Bertz CT molecular complexity index is 574. The third kappa shape index (κ3) is 4.14. The average Bonchev–Trinajstić information content (AvgIpc) is 2.46. The monoisotopic (exact) mass is 341 g/mol. The molecular formula is C17H18Cl3N. The first kappa shape index (κ1) is 16.6. The van der Waals surface area contributed by atoms with E-state index in [0.717, 1.165) is 29.1 Å². The van der Waals surface area contributed by atoms with E-state index in [0.29, 0.717) is 10.0 Å². The molecule has 4 heteroatoms. The lowest BCUT2D eigenvalue weighted by Gasteiger charge is -2.23. The Morgan fingerprint density at radius 1 is 0.952 bits per heavy atom. The zero-order valence-electron chi connectivity index (χ0n) is 12.1. The van der Waals surface area contributed by atoms with Gasteiger partial charge in [-0.25, -0.2) is 0 Å². The molecule has 0 saturated carbocycles. The van der Waals surface area contributed by atoms with Gasteiger partial charge >= 0.3 is 0 Å². The molecule has 2 rings (SSSR count). The number of benzene rings is 2. The summed E-state index contributed by atoms with van der Waals surface area (Å²) in [5.41, 5.74) is 3.27. The van der Waals surface area contributed by atoms with E-state index in [4.69, 9.17) is 34.8 Å². The molecule has 0 saturated heterocycles. The van der Waals surface area contributed by atoms with Gasteiger partial charge in [0.1, 0.15) is 0 Å². The number of aryl methyl sites for hydroxylation is 1. The van der Waals surface area contributed by atoms with E-state index in [1.165, 1.54) is 5.56 Å². The van der Waals surface area contributed by atoms with Crippen molar-refractivity contribution in [3.05, 3.63) is 68.2 Å². The normalized spacial score (nSPS) is 12.4. The topological polar surface area (TPSA) is 12.0 Å². The van der Waals surface area contributed by atoms with Crippen molar-refractivity contribution in [3.8, 4) is 0 Å². The van der Waals surface area contributed by atoms with Gasteiger partial charge in [-0.15, -0.1) is 0 Å². The number of halogens is 3. The molecule has 1 unspecified atom stereocenters. The maximum atomic E-state index is 6.38. The maximum Gasteiger partial charge on any atom is 0.0595 e. The van der Waals surface area contributed by atoms with E-state index < -0.39 is 0 Å². The predicted octanol–water partition coefficient (Wildman–Crippen LogP) is 6.04. The van der Waals surface area contributed by atoms with Crippen molar-refractivity contribution in [3.63, 3.8) is 0 Å². The molecule has 0 aliphatic heterocycles. The Balaban J connectivity index is 2.52. The van der Waals surface area contributed by atoms with Gasteiger partial charge in [0.25, 0.3) is 0 Å². The lowest BCUT2D eigenvalue weighted by Crippen LogP contribution is -2.24. The Hall–Kier alpha value is -0.730. The molecule has 0 aliphatic rings. The lowest BCUT2D eigenvalue weighted by molar-refractivity contribution is 0.596. The molecule has 112 valence electrons. The number of nitrogens with one attached hydrogen (secondary N) is 1. The van der Waals surface area contributed by atoms with Gasteiger partial charge < -0.3 is 5.32 Å². The van der Waals surface area contributed by atoms with Crippen LogP contribution in [0.25, 0.3) is 0 Å². The molecule has 0 radical (unpaired) electrons. The zero-order chi connectivity index (χ0) is 15.4. The van der Waals surface area contributed by atoms with Gasteiger partial charge in [0.15, 0.2) is 0 Å². The Labute approximate surface area is 141 Å². The summed E-state index contributed by atoms with van der Waals surface area (Å²) < 4.78 is 0. The fourth-order valence-electron chi connectivity index (χ4n) is 2.33. The molecule has 0 spiro atoms. The standard InChI is InChI=1S/C17H18Cl3N/c1-3-8-21-17(14-9-12(18)5-4-11(14)2)15-10-13(19)6-7-16(15)20/h4-7,9-10,17,21H,3,8H2,1-2H3. The van der Waals surface area contributed by atoms with Crippen LogP contribution in [0.5, 0.6) is 0 Å². The van der Waals surface area contributed by atoms with Crippen LogP contribution in [-0.2, 0) is 0 Å². The molecule has 2 aromatic carbocycles. The summed E-state index contributed by atoms with van der Waals surface area (Å²) in [5, 5.41) is 5.64. The lowest BCUT2D eigenvalue weighted by atomic mass is 9.94. The van der Waals surface area contributed by atoms with E-state index >= 15 is 0 Å². The van der Waals surface area contributed by atoms with Gasteiger partial charge in [-0.1, -0.05) is 47.8 Å². The Morgan fingerprint density at radius 2 is 1.57 bits per heavy atom. The van der Waals surface area contributed by atoms with Crippen LogP contribution in [0, 0.1) is 6.92 Å². The second-order valence-corrected chi connectivity index (χ2v) is 6.33. The van der Waals surface area contributed by atoms with Gasteiger partial charge in [0.05, 0.1) is 6.04 Å². The summed E-state index contributed by atoms with van der Waals surface area (Å²) in [6.07, 6.45) is 1.04. The van der Waals surface area contributed by atoms with Crippen molar-refractivity contribution in [1.82, 2.24) is 5.32 Å². The number of hydrogen-bond acceptors (Lipinski definition) is 1. The first-order chi connectivity index (χ1) is 10.0. The molecule has 2 aromatic rings. The van der Waals surface area contributed by atoms with E-state index in [1.54, 1.807) is 6.07 Å². The highest BCUT2D eigenvalue weighted by Crippen LogP contribution is 2.33. The van der Waals surface area contributed by atoms with Gasteiger partial charge in [0, 0.05) is 15.1 Å². The molecule has 1 N–H and O–H groups in total. The van der Waals surface area contributed by atoms with E-state index in [-0.39, 0.29) is 6.04 Å². The fourth-order valence-corrected chi connectivity index (χ4v) is 2.92. The van der Waals surface area contributed by atoms with Crippen LogP contribution in [-0.4, -0.2) is 6.54 Å². The molecule has 0 aliphatic carbocycles. The quantitative estimate of drug-likeness (QED) is 0.698. The summed E-state index contributed by atoms with van der Waals surface area (Å²) in [6.45, 7) is 5.10. The smallest absolute Gasteiger partial charge is 0.0595 e. The Morgan fingerprint density at radius 3 is 2.24 bits per heavy atom. The van der Waals surface area contributed by atoms with Crippen LogP contribution in [0.15, 0.2) is 36.4 Å². The summed E-state index contributed by atoms with van der Waals surface area (Å²) in [6, 6.07) is 11.4. The van der Waals surface area contributed by atoms with Crippen LogP contribution in [0.4, 0.5) is 0 Å². The highest BCUT2D eigenvalue weighted by Gasteiger charge is 2.19. The van der Waals surface area contributed by atoms with Crippen LogP contribution < -0.4 is 5.32 Å². The summed E-state index contributed by atoms with van der Waals surface area (Å²) in [4.78, 5) is 0. The third-order valence-corrected chi connectivity index (χ3v) is 4.23. The number of hydrogen-bond donors (Lipinski definition) is 1. The molecule has 1 atom stereocenters. The van der Waals surface area contributed by atoms with Crippen LogP contribution in [0.1, 0.15) is 36.1 Å². The van der Waals surface area contributed by atoms with Crippen molar-refractivity contribution < 1.29 is 0 Å². The van der Waals surface area contributed by atoms with Crippen LogP contribution in [0.3, 0.4) is 0 Å². The molecular weight excluding hydrogens is 325 g/mol. The van der Waals surface area contributed by atoms with Crippen molar-refractivity contribution in [2.45, 2.75) is 26.3 Å². The highest BCUT2D eigenvalue weighted by molar-refractivity contribution is 6.33. The van der Waals surface area contributed by atoms with Crippen LogP contribution >= 0.6 is 34.8 Å². The highest BCUT2D eigenvalue weighted by atomic mass is 35.5. The summed E-state index contributed by atoms with van der Waals surface area (Å²) in [5.74, 6) is 0. The molecule has 0 bridgehead atoms. The van der Waals surface area contributed by atoms with Crippen molar-refractivity contribution in [2.75, 3.05) is 6.54 Å². The first-order valence-corrected chi connectivity index (χ1v) is 8.10. The van der Waals surface area contributed by atoms with Crippen molar-refractivity contribution in [1.29, 1.82) is 0 Å². The third-order valence-electron chi connectivity index (χ3n) is 3.42. The van der Waals surface area contributed by atoms with Crippen molar-refractivity contribution in [2.24, 2.45) is 0 Å². The summed E-state index contributed by atoms with van der Waals surface area (Å²) >= 11 is 18.7. The second-order valence-electron chi connectivity index (χ2n) is 5.05. The Kier molecular flexibility index (Phi) is 5.95. The molecule has 0 fully saturated rings. The molecule has 1 nitrogen and oxygen atoms in total.